The smallest absolute Gasteiger partial charge is 0.262 e. The summed E-state index contributed by atoms with van der Waals surface area (Å²) in [6.45, 7) is 2.09. The number of nitrogens with one attached hydrogen (secondary N) is 2. The number of hydrazone groups is 1. The molecule has 2 aromatic rings. The first-order chi connectivity index (χ1) is 13.4. The van der Waals surface area contributed by atoms with Crippen LogP contribution in [0.15, 0.2) is 50.4 Å². The molecule has 0 fully saturated rings. The molecule has 0 bridgehead atoms. The van der Waals surface area contributed by atoms with Gasteiger partial charge in [-0.2, -0.15) is 5.10 Å². The predicted molar refractivity (Wildman–Crippen MR) is 121 cm³/mol. The molecule has 148 valence electrons. The van der Waals surface area contributed by atoms with Crippen molar-refractivity contribution in [3.8, 4) is 11.5 Å². The average Bonchev–Trinajstić information content (AvgIpc) is 2.66. The number of amides is 1. The molecule has 10 heteroatoms. The van der Waals surface area contributed by atoms with Crippen LogP contribution in [-0.2, 0) is 4.79 Å². The highest BCUT2D eigenvalue weighted by molar-refractivity contribution is 9.13. The van der Waals surface area contributed by atoms with E-state index in [2.05, 4.69) is 47.7 Å². The molecule has 0 atom stereocenters. The van der Waals surface area contributed by atoms with Crippen molar-refractivity contribution in [3.63, 3.8) is 0 Å². The molecule has 0 aromatic heterocycles. The third kappa shape index (κ3) is 6.47. The van der Waals surface area contributed by atoms with Crippen LogP contribution >= 0.6 is 44.1 Å². The van der Waals surface area contributed by atoms with Crippen LogP contribution in [0.5, 0.6) is 11.5 Å². The standard InChI is InChI=1S/C18H18Br2N4O3S/c1-2-26-13-8-11(9-22-24-18(21)28)15(19)16(20)17(13)27-10-14(25)23-12-6-4-3-5-7-12/h3-9H,2,10H2,1H3,(H,23,25)(H3,21,24,28)/b22-9+. The zero-order valence-electron chi connectivity index (χ0n) is 14.9. The molecule has 0 saturated carbocycles. The summed E-state index contributed by atoms with van der Waals surface area (Å²) >= 11 is 11.7. The Bertz CT molecular complexity index is 879. The highest BCUT2D eigenvalue weighted by Gasteiger charge is 2.18. The first-order valence-electron chi connectivity index (χ1n) is 8.13. The van der Waals surface area contributed by atoms with E-state index < -0.39 is 0 Å². The van der Waals surface area contributed by atoms with E-state index in [-0.39, 0.29) is 17.6 Å². The van der Waals surface area contributed by atoms with Crippen molar-refractivity contribution in [2.45, 2.75) is 6.92 Å². The molecule has 0 aliphatic heterocycles. The number of hydrogen-bond acceptors (Lipinski definition) is 5. The van der Waals surface area contributed by atoms with Gasteiger partial charge >= 0.3 is 0 Å². The Labute approximate surface area is 184 Å². The van der Waals surface area contributed by atoms with Gasteiger partial charge in [0.05, 0.1) is 17.3 Å². The predicted octanol–water partition coefficient (Wildman–Crippen LogP) is 3.79. The molecule has 0 heterocycles. The SMILES string of the molecule is CCOc1cc(/C=N/NC(N)=S)c(Br)c(Br)c1OCC(=O)Nc1ccccc1. The normalized spacial score (nSPS) is 10.5. The lowest BCUT2D eigenvalue weighted by Crippen LogP contribution is -2.24. The number of nitrogens with zero attached hydrogens (tertiary/aromatic N) is 1. The lowest BCUT2D eigenvalue weighted by atomic mass is 10.2. The van der Waals surface area contributed by atoms with E-state index >= 15 is 0 Å². The van der Waals surface area contributed by atoms with Crippen LogP contribution < -0.4 is 25.9 Å². The summed E-state index contributed by atoms with van der Waals surface area (Å²) in [5.41, 5.74) is 9.23. The van der Waals surface area contributed by atoms with Crippen LogP contribution in [0.3, 0.4) is 0 Å². The van der Waals surface area contributed by atoms with Crippen molar-refractivity contribution in [2.24, 2.45) is 10.8 Å². The maximum absolute atomic E-state index is 12.2. The van der Waals surface area contributed by atoms with Crippen LogP contribution in [-0.4, -0.2) is 30.4 Å². The number of nitrogens with two attached hydrogens (primary N) is 1. The van der Waals surface area contributed by atoms with Gasteiger partial charge in [0, 0.05) is 15.7 Å². The Kier molecular flexibility index (Phi) is 8.68. The van der Waals surface area contributed by atoms with E-state index in [1.807, 2.05) is 25.1 Å². The fourth-order valence-electron chi connectivity index (χ4n) is 2.12. The summed E-state index contributed by atoms with van der Waals surface area (Å²) in [6.07, 6.45) is 1.53. The number of benzene rings is 2. The van der Waals surface area contributed by atoms with Gasteiger partial charge in [0.2, 0.25) is 0 Å². The van der Waals surface area contributed by atoms with Crippen molar-refractivity contribution >= 4 is 67.0 Å². The average molecular weight is 530 g/mol. The first kappa shape index (κ1) is 22.1. The number of ether oxygens (including phenoxy) is 2. The van der Waals surface area contributed by atoms with Gasteiger partial charge in [-0.3, -0.25) is 10.2 Å². The van der Waals surface area contributed by atoms with Crippen LogP contribution in [0, 0.1) is 0 Å². The lowest BCUT2D eigenvalue weighted by molar-refractivity contribution is -0.118. The van der Waals surface area contributed by atoms with Crippen LogP contribution in [0.2, 0.25) is 0 Å². The summed E-state index contributed by atoms with van der Waals surface area (Å²) in [4.78, 5) is 12.2. The topological polar surface area (TPSA) is 98.0 Å². The van der Waals surface area contributed by atoms with Gasteiger partial charge in [0.15, 0.2) is 23.2 Å². The fourth-order valence-corrected chi connectivity index (χ4v) is 3.11. The lowest BCUT2D eigenvalue weighted by Gasteiger charge is -2.16. The third-order valence-corrected chi connectivity index (χ3v) is 5.47. The van der Waals surface area contributed by atoms with Crippen LogP contribution in [0.4, 0.5) is 5.69 Å². The molecule has 0 spiro atoms. The third-order valence-electron chi connectivity index (χ3n) is 3.24. The molecule has 2 aromatic carbocycles. The molecule has 0 radical (unpaired) electrons. The highest BCUT2D eigenvalue weighted by atomic mass is 79.9. The van der Waals surface area contributed by atoms with Gasteiger partial charge in [0.1, 0.15) is 0 Å². The molecule has 0 unspecified atom stereocenters. The molecular weight excluding hydrogens is 512 g/mol. The van der Waals surface area contributed by atoms with Gasteiger partial charge in [-0.1, -0.05) is 18.2 Å². The van der Waals surface area contributed by atoms with Crippen molar-refractivity contribution in [3.05, 3.63) is 50.9 Å². The Hall–Kier alpha value is -2.17. The van der Waals surface area contributed by atoms with E-state index in [9.17, 15) is 4.79 Å². The number of carbonyl (C=O) groups is 1. The second-order valence-electron chi connectivity index (χ2n) is 5.29. The number of thiocarbonyl (C=S) groups is 1. The quantitative estimate of drug-likeness (QED) is 0.273. The van der Waals surface area contributed by atoms with E-state index in [1.54, 1.807) is 18.2 Å². The number of halogens is 2. The number of hydrogen-bond donors (Lipinski definition) is 3. The minimum absolute atomic E-state index is 0.0563. The number of rotatable bonds is 8. The zero-order valence-corrected chi connectivity index (χ0v) is 18.9. The summed E-state index contributed by atoms with van der Waals surface area (Å²) in [5.74, 6) is 0.571. The minimum Gasteiger partial charge on any atom is -0.490 e. The van der Waals surface area contributed by atoms with E-state index in [1.165, 1.54) is 6.21 Å². The first-order valence-corrected chi connectivity index (χ1v) is 10.1. The fraction of sp³-hybridized carbons (Fsp3) is 0.167. The summed E-state index contributed by atoms with van der Waals surface area (Å²) in [5, 5.41) is 6.76. The molecular formula is C18H18Br2N4O3S. The number of anilines is 1. The number of para-hydroxylation sites is 1. The van der Waals surface area contributed by atoms with Gasteiger partial charge < -0.3 is 20.5 Å². The van der Waals surface area contributed by atoms with Crippen molar-refractivity contribution in [2.75, 3.05) is 18.5 Å². The van der Waals surface area contributed by atoms with E-state index in [4.69, 9.17) is 27.4 Å². The van der Waals surface area contributed by atoms with Gasteiger partial charge in [-0.05, 0) is 69.2 Å². The Morgan fingerprint density at radius 2 is 1.96 bits per heavy atom. The highest BCUT2D eigenvalue weighted by Crippen LogP contribution is 2.42. The maximum Gasteiger partial charge on any atom is 0.262 e. The Balaban J connectivity index is 2.18. The molecule has 7 nitrogen and oxygen atoms in total. The van der Waals surface area contributed by atoms with Gasteiger partial charge in [-0.15, -0.1) is 0 Å². The maximum atomic E-state index is 12.2. The summed E-state index contributed by atoms with van der Waals surface area (Å²) < 4.78 is 12.6. The van der Waals surface area contributed by atoms with Crippen molar-refractivity contribution in [1.82, 2.24) is 5.43 Å². The molecule has 28 heavy (non-hydrogen) atoms. The van der Waals surface area contributed by atoms with Crippen molar-refractivity contribution < 1.29 is 14.3 Å². The van der Waals surface area contributed by atoms with Gasteiger partial charge in [0.25, 0.3) is 5.91 Å². The second-order valence-corrected chi connectivity index (χ2v) is 7.32. The molecule has 0 aliphatic rings. The molecule has 0 aliphatic carbocycles. The Morgan fingerprint density at radius 1 is 1.25 bits per heavy atom. The minimum atomic E-state index is -0.289. The number of carbonyl (C=O) groups excluding carboxylic acids is 1. The zero-order chi connectivity index (χ0) is 20.5. The van der Waals surface area contributed by atoms with Crippen LogP contribution in [0.25, 0.3) is 0 Å². The van der Waals surface area contributed by atoms with Crippen molar-refractivity contribution in [1.29, 1.82) is 0 Å². The van der Waals surface area contributed by atoms with E-state index in [0.29, 0.717) is 38.3 Å². The Morgan fingerprint density at radius 3 is 2.61 bits per heavy atom. The molecule has 4 N–H and O–H groups in total. The second kappa shape index (κ2) is 11.0. The van der Waals surface area contributed by atoms with Crippen LogP contribution in [0.1, 0.15) is 12.5 Å². The van der Waals surface area contributed by atoms with Gasteiger partial charge in [-0.25, -0.2) is 0 Å². The monoisotopic (exact) mass is 528 g/mol. The van der Waals surface area contributed by atoms with E-state index in [0.717, 1.165) is 0 Å². The molecule has 0 saturated heterocycles. The summed E-state index contributed by atoms with van der Waals surface area (Å²) in [6, 6.07) is 10.9. The largest absolute Gasteiger partial charge is 0.490 e. The molecule has 2 rings (SSSR count). The summed E-state index contributed by atoms with van der Waals surface area (Å²) in [7, 11) is 0. The molecule has 1 amide bonds.